The van der Waals surface area contributed by atoms with Crippen LogP contribution in [0.1, 0.15) is 30.1 Å². The van der Waals surface area contributed by atoms with Gasteiger partial charge in [-0.25, -0.2) is 0 Å². The van der Waals surface area contributed by atoms with Gasteiger partial charge in [0.2, 0.25) is 0 Å². The van der Waals surface area contributed by atoms with Crippen molar-refractivity contribution in [2.24, 2.45) is 0 Å². The average Bonchev–Trinajstić information content (AvgIpc) is 2.46. The summed E-state index contributed by atoms with van der Waals surface area (Å²) in [6, 6.07) is 8.28. The van der Waals surface area contributed by atoms with E-state index in [-0.39, 0.29) is 11.8 Å². The first kappa shape index (κ1) is 15.7. The summed E-state index contributed by atoms with van der Waals surface area (Å²) >= 11 is 3.40. The van der Waals surface area contributed by atoms with Crippen molar-refractivity contribution in [3.05, 3.63) is 34.3 Å². The number of halogens is 1. The summed E-state index contributed by atoms with van der Waals surface area (Å²) in [6.07, 6.45) is 2.29. The highest BCUT2D eigenvalue weighted by Crippen LogP contribution is 2.19. The molecule has 20 heavy (non-hydrogen) atoms. The van der Waals surface area contributed by atoms with Gasteiger partial charge in [-0.15, -0.1) is 0 Å². The van der Waals surface area contributed by atoms with Gasteiger partial charge in [-0.2, -0.15) is 0 Å². The van der Waals surface area contributed by atoms with Crippen molar-refractivity contribution in [3.63, 3.8) is 0 Å². The van der Waals surface area contributed by atoms with Gasteiger partial charge in [-0.3, -0.25) is 9.69 Å². The SMILES string of the molecule is CC(C(=O)c1ccc(Br)cc1)N1CCC(N(C)C)CC1. The lowest BCUT2D eigenvalue weighted by atomic mass is 9.99. The minimum Gasteiger partial charge on any atom is -0.306 e. The van der Waals surface area contributed by atoms with Gasteiger partial charge in [0.1, 0.15) is 0 Å². The van der Waals surface area contributed by atoms with E-state index in [2.05, 4.69) is 39.8 Å². The summed E-state index contributed by atoms with van der Waals surface area (Å²) in [5, 5.41) is 0. The van der Waals surface area contributed by atoms with E-state index in [0.29, 0.717) is 6.04 Å². The molecule has 0 N–H and O–H groups in total. The molecule has 1 fully saturated rings. The second-order valence-corrected chi connectivity index (χ2v) is 6.69. The third-order valence-corrected chi connectivity index (χ3v) is 4.81. The number of carbonyl (C=O) groups is 1. The predicted molar refractivity (Wildman–Crippen MR) is 86.2 cm³/mol. The number of nitrogens with zero attached hydrogens (tertiary/aromatic N) is 2. The lowest BCUT2D eigenvalue weighted by Gasteiger charge is -2.37. The zero-order valence-electron chi connectivity index (χ0n) is 12.5. The van der Waals surface area contributed by atoms with Gasteiger partial charge in [0.15, 0.2) is 5.78 Å². The lowest BCUT2D eigenvalue weighted by Crippen LogP contribution is -2.47. The first-order chi connectivity index (χ1) is 9.49. The van der Waals surface area contributed by atoms with Crippen molar-refractivity contribution in [1.29, 1.82) is 0 Å². The zero-order valence-corrected chi connectivity index (χ0v) is 14.1. The Balaban J connectivity index is 1.96. The fourth-order valence-corrected chi connectivity index (χ4v) is 3.08. The van der Waals surface area contributed by atoms with Gasteiger partial charge >= 0.3 is 0 Å². The van der Waals surface area contributed by atoms with Crippen LogP contribution in [0.4, 0.5) is 0 Å². The standard InChI is InChI=1S/C16H23BrN2O/c1-12(16(20)13-4-6-14(17)7-5-13)19-10-8-15(9-11-19)18(2)3/h4-7,12,15H,8-11H2,1-3H3. The first-order valence-corrected chi connectivity index (χ1v) is 7.98. The van der Waals surface area contributed by atoms with Gasteiger partial charge in [-0.05, 0) is 46.0 Å². The Morgan fingerprint density at radius 1 is 1.25 bits per heavy atom. The van der Waals surface area contributed by atoms with Crippen molar-refractivity contribution >= 4 is 21.7 Å². The Bertz CT molecular complexity index is 450. The third kappa shape index (κ3) is 3.68. The van der Waals surface area contributed by atoms with Crippen molar-refractivity contribution in [2.75, 3.05) is 27.2 Å². The molecular weight excluding hydrogens is 316 g/mol. The molecule has 1 unspecified atom stereocenters. The van der Waals surface area contributed by atoms with Gasteiger partial charge < -0.3 is 4.90 Å². The lowest BCUT2D eigenvalue weighted by molar-refractivity contribution is 0.0736. The normalized spacial score (nSPS) is 19.2. The van der Waals surface area contributed by atoms with E-state index < -0.39 is 0 Å². The molecule has 0 bridgehead atoms. The van der Waals surface area contributed by atoms with Crippen LogP contribution >= 0.6 is 15.9 Å². The van der Waals surface area contributed by atoms with E-state index in [0.717, 1.165) is 36.0 Å². The minimum atomic E-state index is -0.0284. The highest BCUT2D eigenvalue weighted by molar-refractivity contribution is 9.10. The highest BCUT2D eigenvalue weighted by Gasteiger charge is 2.27. The molecule has 0 aliphatic carbocycles. The van der Waals surface area contributed by atoms with Crippen LogP contribution in [-0.4, -0.2) is 54.9 Å². The molecule has 1 aliphatic rings. The molecule has 1 atom stereocenters. The number of ketones is 1. The largest absolute Gasteiger partial charge is 0.306 e. The van der Waals surface area contributed by atoms with Crippen molar-refractivity contribution in [3.8, 4) is 0 Å². The second-order valence-electron chi connectivity index (χ2n) is 5.78. The Morgan fingerprint density at radius 3 is 2.30 bits per heavy atom. The second kappa shape index (κ2) is 6.83. The molecular formula is C16H23BrN2O. The molecule has 1 saturated heterocycles. The molecule has 4 heteroatoms. The van der Waals surface area contributed by atoms with E-state index in [1.165, 1.54) is 0 Å². The van der Waals surface area contributed by atoms with Gasteiger partial charge in [0.05, 0.1) is 6.04 Å². The number of benzene rings is 1. The zero-order chi connectivity index (χ0) is 14.7. The predicted octanol–water partition coefficient (Wildman–Crippen LogP) is 3.05. The maximum absolute atomic E-state index is 12.5. The number of rotatable bonds is 4. The van der Waals surface area contributed by atoms with Crippen molar-refractivity contribution in [1.82, 2.24) is 9.80 Å². The molecule has 1 aromatic rings. The van der Waals surface area contributed by atoms with Crippen LogP contribution in [0, 0.1) is 0 Å². The number of Topliss-reactive ketones (excluding diaryl/α,β-unsaturated/α-hetero) is 1. The molecule has 0 aromatic heterocycles. The van der Waals surface area contributed by atoms with E-state index in [4.69, 9.17) is 0 Å². The van der Waals surface area contributed by atoms with Crippen LogP contribution in [-0.2, 0) is 0 Å². The number of hydrogen-bond acceptors (Lipinski definition) is 3. The Labute approximate surface area is 130 Å². The number of piperidine rings is 1. The molecule has 1 aliphatic heterocycles. The quantitative estimate of drug-likeness (QED) is 0.788. The fourth-order valence-electron chi connectivity index (χ4n) is 2.81. The molecule has 110 valence electrons. The third-order valence-electron chi connectivity index (χ3n) is 4.29. The van der Waals surface area contributed by atoms with Crippen LogP contribution in [0.15, 0.2) is 28.7 Å². The minimum absolute atomic E-state index is 0.0284. The molecule has 2 rings (SSSR count). The summed E-state index contributed by atoms with van der Waals surface area (Å²) in [6.45, 7) is 4.04. The molecule has 1 aromatic carbocycles. The number of carbonyl (C=O) groups excluding carboxylic acids is 1. The first-order valence-electron chi connectivity index (χ1n) is 7.19. The summed E-state index contributed by atoms with van der Waals surface area (Å²) in [5.74, 6) is 0.223. The van der Waals surface area contributed by atoms with E-state index in [9.17, 15) is 4.79 Å². The molecule has 0 spiro atoms. The summed E-state index contributed by atoms with van der Waals surface area (Å²) in [7, 11) is 4.27. The molecule has 1 heterocycles. The average molecular weight is 339 g/mol. The van der Waals surface area contributed by atoms with Gasteiger partial charge in [-0.1, -0.05) is 28.1 Å². The van der Waals surface area contributed by atoms with Crippen LogP contribution < -0.4 is 0 Å². The summed E-state index contributed by atoms with van der Waals surface area (Å²) in [5.41, 5.74) is 0.801. The monoisotopic (exact) mass is 338 g/mol. The number of hydrogen-bond donors (Lipinski definition) is 0. The van der Waals surface area contributed by atoms with E-state index in [1.807, 2.05) is 31.2 Å². The molecule has 0 amide bonds. The van der Waals surface area contributed by atoms with Crippen LogP contribution in [0.25, 0.3) is 0 Å². The highest BCUT2D eigenvalue weighted by atomic mass is 79.9. The van der Waals surface area contributed by atoms with Crippen LogP contribution in [0.3, 0.4) is 0 Å². The summed E-state index contributed by atoms with van der Waals surface area (Å²) in [4.78, 5) is 17.1. The topological polar surface area (TPSA) is 23.6 Å². The molecule has 0 saturated carbocycles. The maximum Gasteiger partial charge on any atom is 0.179 e. The van der Waals surface area contributed by atoms with E-state index in [1.54, 1.807) is 0 Å². The van der Waals surface area contributed by atoms with E-state index >= 15 is 0 Å². The molecule has 3 nitrogen and oxygen atoms in total. The Morgan fingerprint density at radius 2 is 1.80 bits per heavy atom. The summed E-state index contributed by atoms with van der Waals surface area (Å²) < 4.78 is 1.01. The Kier molecular flexibility index (Phi) is 5.35. The van der Waals surface area contributed by atoms with Crippen LogP contribution in [0.5, 0.6) is 0 Å². The van der Waals surface area contributed by atoms with Crippen molar-refractivity contribution in [2.45, 2.75) is 31.8 Å². The Hall–Kier alpha value is -0.710. The van der Waals surface area contributed by atoms with Crippen molar-refractivity contribution < 1.29 is 4.79 Å². The number of likely N-dealkylation sites (tertiary alicyclic amines) is 1. The van der Waals surface area contributed by atoms with Crippen LogP contribution in [0.2, 0.25) is 0 Å². The fraction of sp³-hybridized carbons (Fsp3) is 0.562. The maximum atomic E-state index is 12.5. The van der Waals surface area contributed by atoms with Gasteiger partial charge in [0, 0.05) is 29.2 Å². The molecule has 0 radical (unpaired) electrons. The smallest absolute Gasteiger partial charge is 0.179 e. The van der Waals surface area contributed by atoms with Gasteiger partial charge in [0.25, 0.3) is 0 Å².